The topological polar surface area (TPSA) is 46.5 Å². The number of aliphatic hydroxyl groups excluding tert-OH is 1. The third kappa shape index (κ3) is 0.725. The summed E-state index contributed by atoms with van der Waals surface area (Å²) in [6.07, 6.45) is 1.45. The number of fused-ring (bicyclic) bond motifs is 1. The van der Waals surface area contributed by atoms with Gasteiger partial charge in [0.05, 0.1) is 12.0 Å². The van der Waals surface area contributed by atoms with Crippen molar-refractivity contribution in [3.8, 4) is 0 Å². The van der Waals surface area contributed by atoms with E-state index in [9.17, 15) is 9.90 Å². The molecule has 0 radical (unpaired) electrons. The molecule has 0 spiro atoms. The number of carbonyl (C=O) groups is 1. The van der Waals surface area contributed by atoms with Gasteiger partial charge in [0.15, 0.2) is 0 Å². The van der Waals surface area contributed by atoms with Crippen molar-refractivity contribution in [1.29, 1.82) is 0 Å². The molecule has 1 saturated heterocycles. The Morgan fingerprint density at radius 2 is 2.31 bits per heavy atom. The van der Waals surface area contributed by atoms with Crippen LogP contribution in [-0.4, -0.2) is 23.3 Å². The first-order valence-corrected chi connectivity index (χ1v) is 5.12. The molecule has 1 heterocycles. The molecule has 72 valence electrons. The zero-order valence-corrected chi connectivity index (χ0v) is 7.64. The molecule has 3 nitrogen and oxygen atoms in total. The van der Waals surface area contributed by atoms with Crippen LogP contribution in [-0.2, 0) is 9.53 Å². The van der Waals surface area contributed by atoms with Gasteiger partial charge in [0.1, 0.15) is 6.10 Å². The summed E-state index contributed by atoms with van der Waals surface area (Å²) in [6, 6.07) is 0. The maximum atomic E-state index is 11.5. The number of aliphatic hydroxyl groups is 1. The Kier molecular flexibility index (Phi) is 1.36. The van der Waals surface area contributed by atoms with Crippen molar-refractivity contribution in [3.63, 3.8) is 0 Å². The van der Waals surface area contributed by atoms with E-state index in [2.05, 4.69) is 6.92 Å². The minimum Gasteiger partial charge on any atom is -0.459 e. The summed E-state index contributed by atoms with van der Waals surface area (Å²) in [7, 11) is 0. The quantitative estimate of drug-likeness (QED) is 0.603. The first-order chi connectivity index (χ1) is 6.24. The van der Waals surface area contributed by atoms with Gasteiger partial charge < -0.3 is 9.84 Å². The van der Waals surface area contributed by atoms with Crippen molar-refractivity contribution >= 4 is 5.97 Å². The zero-order valence-electron chi connectivity index (χ0n) is 7.64. The van der Waals surface area contributed by atoms with Crippen LogP contribution in [0.3, 0.4) is 0 Å². The van der Waals surface area contributed by atoms with Crippen LogP contribution in [0.15, 0.2) is 0 Å². The summed E-state index contributed by atoms with van der Waals surface area (Å²) >= 11 is 0. The summed E-state index contributed by atoms with van der Waals surface area (Å²) in [6.45, 7) is 2.10. The van der Waals surface area contributed by atoms with Gasteiger partial charge in [0.2, 0.25) is 0 Å². The lowest BCUT2D eigenvalue weighted by molar-refractivity contribution is -0.146. The minimum absolute atomic E-state index is 0.0547. The van der Waals surface area contributed by atoms with Crippen LogP contribution in [0.25, 0.3) is 0 Å². The minimum atomic E-state index is -0.377. The second-order valence-electron chi connectivity index (χ2n) is 4.55. The summed E-state index contributed by atoms with van der Waals surface area (Å²) in [4.78, 5) is 11.5. The molecule has 1 N–H and O–H groups in total. The fourth-order valence-corrected chi connectivity index (χ4v) is 3.72. The molecular formula is C10H14O3. The van der Waals surface area contributed by atoms with E-state index in [-0.39, 0.29) is 24.1 Å². The van der Waals surface area contributed by atoms with Crippen molar-refractivity contribution < 1.29 is 14.6 Å². The molecule has 2 aliphatic carbocycles. The van der Waals surface area contributed by atoms with Crippen molar-refractivity contribution in [2.45, 2.75) is 32.0 Å². The monoisotopic (exact) mass is 182 g/mol. The fourth-order valence-electron chi connectivity index (χ4n) is 3.72. The number of hydrogen-bond donors (Lipinski definition) is 1. The Bertz CT molecular complexity index is 263. The molecule has 3 aliphatic rings. The molecule has 3 fully saturated rings. The zero-order chi connectivity index (χ0) is 9.16. The summed E-state index contributed by atoms with van der Waals surface area (Å²) in [5.41, 5.74) is 0. The van der Waals surface area contributed by atoms with Crippen LogP contribution < -0.4 is 0 Å². The van der Waals surface area contributed by atoms with Crippen molar-refractivity contribution in [2.75, 3.05) is 0 Å². The Labute approximate surface area is 77.1 Å². The Morgan fingerprint density at radius 1 is 1.54 bits per heavy atom. The van der Waals surface area contributed by atoms with E-state index < -0.39 is 0 Å². The van der Waals surface area contributed by atoms with Gasteiger partial charge in [-0.2, -0.15) is 0 Å². The average Bonchev–Trinajstić information content (AvgIpc) is 2.68. The van der Waals surface area contributed by atoms with Crippen molar-refractivity contribution in [3.05, 3.63) is 0 Å². The highest BCUT2D eigenvalue weighted by atomic mass is 16.6. The molecule has 6 atom stereocenters. The van der Waals surface area contributed by atoms with E-state index in [0.717, 1.165) is 12.8 Å². The SMILES string of the molecule is CCC1C2CC3C(OC(=O)C13)C2O. The molecule has 1 aliphatic heterocycles. The smallest absolute Gasteiger partial charge is 0.310 e. The number of ether oxygens (including phenoxy) is 1. The average molecular weight is 182 g/mol. The largest absolute Gasteiger partial charge is 0.459 e. The van der Waals surface area contributed by atoms with E-state index in [1.807, 2.05) is 0 Å². The maximum absolute atomic E-state index is 11.5. The standard InChI is InChI=1S/C10H14O3/c1-2-4-5-3-6-7(4)10(12)13-9(6)8(5)11/h4-9,11H,2-3H2,1H3. The van der Waals surface area contributed by atoms with E-state index in [0.29, 0.717) is 17.8 Å². The van der Waals surface area contributed by atoms with Crippen molar-refractivity contribution in [1.82, 2.24) is 0 Å². The third-order valence-corrected chi connectivity index (χ3v) is 4.21. The second-order valence-corrected chi connectivity index (χ2v) is 4.55. The predicted molar refractivity (Wildman–Crippen MR) is 44.8 cm³/mol. The molecule has 0 aromatic heterocycles. The Morgan fingerprint density at radius 3 is 3.00 bits per heavy atom. The Balaban J connectivity index is 2.01. The predicted octanol–water partition coefficient (Wildman–Crippen LogP) is 0.565. The van der Waals surface area contributed by atoms with Gasteiger partial charge in [-0.1, -0.05) is 13.3 Å². The lowest BCUT2D eigenvalue weighted by atomic mass is 9.77. The van der Waals surface area contributed by atoms with Crippen LogP contribution >= 0.6 is 0 Å². The van der Waals surface area contributed by atoms with Crippen LogP contribution in [0, 0.1) is 23.7 Å². The van der Waals surface area contributed by atoms with E-state index in [1.165, 1.54) is 0 Å². The highest BCUT2D eigenvalue weighted by molar-refractivity contribution is 5.77. The first kappa shape index (κ1) is 7.80. The van der Waals surface area contributed by atoms with E-state index >= 15 is 0 Å². The van der Waals surface area contributed by atoms with Gasteiger partial charge in [-0.25, -0.2) is 0 Å². The summed E-state index contributed by atoms with van der Waals surface area (Å²) in [5, 5.41) is 9.85. The molecule has 0 aromatic rings. The fraction of sp³-hybridized carbons (Fsp3) is 0.900. The van der Waals surface area contributed by atoms with Gasteiger partial charge in [-0.05, 0) is 18.3 Å². The van der Waals surface area contributed by atoms with Crippen molar-refractivity contribution in [2.24, 2.45) is 23.7 Å². The first-order valence-electron chi connectivity index (χ1n) is 5.12. The molecule has 0 amide bonds. The van der Waals surface area contributed by atoms with Gasteiger partial charge in [0, 0.05) is 5.92 Å². The van der Waals surface area contributed by atoms with Crippen LogP contribution in [0.2, 0.25) is 0 Å². The number of rotatable bonds is 1. The molecule has 6 unspecified atom stereocenters. The van der Waals surface area contributed by atoms with Gasteiger partial charge in [0.25, 0.3) is 0 Å². The van der Waals surface area contributed by atoms with Crippen LogP contribution in [0.4, 0.5) is 0 Å². The third-order valence-electron chi connectivity index (χ3n) is 4.21. The highest BCUT2D eigenvalue weighted by Gasteiger charge is 2.65. The lowest BCUT2D eigenvalue weighted by Gasteiger charge is -2.27. The van der Waals surface area contributed by atoms with Gasteiger partial charge >= 0.3 is 5.97 Å². The lowest BCUT2D eigenvalue weighted by Crippen LogP contribution is -2.36. The normalized spacial score (nSPS) is 57.2. The molecular weight excluding hydrogens is 168 g/mol. The Hall–Kier alpha value is -0.570. The molecule has 2 bridgehead atoms. The molecule has 3 rings (SSSR count). The molecule has 2 saturated carbocycles. The van der Waals surface area contributed by atoms with Crippen LogP contribution in [0.5, 0.6) is 0 Å². The van der Waals surface area contributed by atoms with Crippen LogP contribution in [0.1, 0.15) is 19.8 Å². The van der Waals surface area contributed by atoms with E-state index in [4.69, 9.17) is 4.74 Å². The summed E-state index contributed by atoms with van der Waals surface area (Å²) < 4.78 is 5.19. The van der Waals surface area contributed by atoms with Gasteiger partial charge in [-0.15, -0.1) is 0 Å². The number of carbonyl (C=O) groups excluding carboxylic acids is 1. The molecule has 13 heavy (non-hydrogen) atoms. The molecule has 3 heteroatoms. The number of hydrogen-bond acceptors (Lipinski definition) is 3. The van der Waals surface area contributed by atoms with E-state index in [1.54, 1.807) is 0 Å². The maximum Gasteiger partial charge on any atom is 0.310 e. The second kappa shape index (κ2) is 2.27. The summed E-state index contributed by atoms with van der Waals surface area (Å²) in [5.74, 6) is 1.10. The highest BCUT2D eigenvalue weighted by Crippen LogP contribution is 2.58. The van der Waals surface area contributed by atoms with Gasteiger partial charge in [-0.3, -0.25) is 4.79 Å². The number of esters is 1. The molecule has 0 aromatic carbocycles.